The van der Waals surface area contributed by atoms with Gasteiger partial charge in [-0.3, -0.25) is 4.79 Å². The van der Waals surface area contributed by atoms with Crippen molar-refractivity contribution in [3.63, 3.8) is 0 Å². The van der Waals surface area contributed by atoms with Crippen molar-refractivity contribution in [2.45, 2.75) is 56.6 Å². The van der Waals surface area contributed by atoms with Crippen LogP contribution in [0.1, 0.15) is 34.3 Å². The molecule has 4 aliphatic rings. The van der Waals surface area contributed by atoms with Crippen LogP contribution >= 0.6 is 12.6 Å². The van der Waals surface area contributed by atoms with Gasteiger partial charge in [0.2, 0.25) is 6.29 Å². The Morgan fingerprint density at radius 3 is 2.46 bits per heavy atom. The average molecular weight is 565 g/mol. The summed E-state index contributed by atoms with van der Waals surface area (Å²) in [5.41, 5.74) is 1.92. The number of ketones is 1. The van der Waals surface area contributed by atoms with Crippen LogP contribution in [0.2, 0.25) is 0 Å². The Labute approximate surface area is 232 Å². The van der Waals surface area contributed by atoms with Gasteiger partial charge in [-0.1, -0.05) is 0 Å². The van der Waals surface area contributed by atoms with E-state index in [2.05, 4.69) is 12.6 Å². The lowest BCUT2D eigenvalue weighted by Gasteiger charge is -2.41. The van der Waals surface area contributed by atoms with Gasteiger partial charge in [0.1, 0.15) is 35.6 Å². The number of carbonyl (C=O) groups excluding carboxylic acids is 1. The normalized spacial score (nSPS) is 31.6. The maximum atomic E-state index is 12.1. The van der Waals surface area contributed by atoms with Crippen LogP contribution in [0.3, 0.4) is 0 Å². The minimum atomic E-state index is -1.01. The van der Waals surface area contributed by atoms with Crippen LogP contribution in [0.25, 0.3) is 10.8 Å². The Morgan fingerprint density at radius 2 is 1.82 bits per heavy atom. The van der Waals surface area contributed by atoms with Gasteiger partial charge in [0.25, 0.3) is 5.79 Å². The van der Waals surface area contributed by atoms with Gasteiger partial charge in [0.15, 0.2) is 5.78 Å². The fraction of sp³-hybridized carbons (Fsp3) is 0.607. The first-order valence-electron chi connectivity index (χ1n) is 13.1. The van der Waals surface area contributed by atoms with Crippen molar-refractivity contribution >= 4 is 29.2 Å². The van der Waals surface area contributed by atoms with Crippen molar-refractivity contribution in [1.82, 2.24) is 0 Å². The molecule has 39 heavy (non-hydrogen) atoms. The summed E-state index contributed by atoms with van der Waals surface area (Å²) in [5.74, 6) is 0.354. The molecular formula is C28H36O10S. The third-order valence-electron chi connectivity index (χ3n) is 7.82. The molecule has 3 saturated heterocycles. The fourth-order valence-electron chi connectivity index (χ4n) is 6.03. The number of phenolic OH excluding ortho intramolecular Hbond substituents is 2. The second-order valence-electron chi connectivity index (χ2n) is 10.3. The summed E-state index contributed by atoms with van der Waals surface area (Å²) in [6.07, 6.45) is 0.640. The quantitative estimate of drug-likeness (QED) is 0.467. The van der Waals surface area contributed by atoms with Crippen LogP contribution in [-0.4, -0.2) is 93.3 Å². The summed E-state index contributed by atoms with van der Waals surface area (Å²) in [6.45, 7) is 3.50. The van der Waals surface area contributed by atoms with E-state index < -0.39 is 12.1 Å². The fourth-order valence-corrected chi connectivity index (χ4v) is 6.24. The molecule has 2 aromatic rings. The number of fused-ring (bicyclic) bond motifs is 4. The van der Waals surface area contributed by atoms with Crippen molar-refractivity contribution in [2.24, 2.45) is 5.92 Å². The lowest BCUT2D eigenvalue weighted by atomic mass is 9.86. The summed E-state index contributed by atoms with van der Waals surface area (Å²) in [4.78, 5) is 12.1. The molecular weight excluding hydrogens is 528 g/mol. The largest absolute Gasteiger partial charge is 0.507 e. The van der Waals surface area contributed by atoms with E-state index in [9.17, 15) is 15.0 Å². The molecule has 0 saturated carbocycles. The Bertz CT molecular complexity index is 1230. The van der Waals surface area contributed by atoms with Crippen LogP contribution in [0.5, 0.6) is 17.2 Å². The molecule has 4 unspecified atom stereocenters. The monoisotopic (exact) mass is 564 g/mol. The third-order valence-corrected chi connectivity index (χ3v) is 8.34. The van der Waals surface area contributed by atoms with Gasteiger partial charge in [-0.2, -0.15) is 12.6 Å². The predicted molar refractivity (Wildman–Crippen MR) is 144 cm³/mol. The van der Waals surface area contributed by atoms with E-state index in [1.165, 1.54) is 0 Å². The second kappa shape index (κ2) is 11.4. The minimum Gasteiger partial charge on any atom is -0.507 e. The van der Waals surface area contributed by atoms with Crippen LogP contribution < -0.4 is 4.74 Å². The number of phenols is 2. The number of carbonyl (C=O) groups is 1. The van der Waals surface area contributed by atoms with Gasteiger partial charge in [-0.05, 0) is 43.2 Å². The lowest BCUT2D eigenvalue weighted by molar-refractivity contribution is -0.355. The standard InChI is InChI=1S/C16H16O4.C12H20O6S/c1-8-6-10-14(12(18)7-8)15(19)13-9(16(10)20-2)4-3-5-11(13)17;1-13-9-8-5-17-12(18-8,10(9)14-2)11-15-3-7(6-19)4-16-11/h6-7,18-19H,3-5H2,1-2H3;7-11,19H,3-6H2,1-2H3. The van der Waals surface area contributed by atoms with Crippen molar-refractivity contribution in [1.29, 1.82) is 0 Å². The smallest absolute Gasteiger partial charge is 0.251 e. The topological polar surface area (TPSA) is 122 Å². The molecule has 0 aromatic heterocycles. The zero-order chi connectivity index (χ0) is 27.9. The number of rotatable bonds is 5. The molecule has 0 radical (unpaired) electrons. The van der Waals surface area contributed by atoms with Crippen LogP contribution in [0, 0.1) is 12.8 Å². The third kappa shape index (κ3) is 4.77. The predicted octanol–water partition coefficient (Wildman–Crippen LogP) is 3.15. The van der Waals surface area contributed by atoms with E-state index in [0.717, 1.165) is 23.3 Å². The minimum absolute atomic E-state index is 0.0306. The van der Waals surface area contributed by atoms with Gasteiger partial charge in [0.05, 0.1) is 37.9 Å². The molecule has 2 bridgehead atoms. The molecule has 0 spiro atoms. The molecule has 3 heterocycles. The number of hydrogen-bond acceptors (Lipinski definition) is 11. The Kier molecular flexibility index (Phi) is 8.30. The van der Waals surface area contributed by atoms with Crippen LogP contribution in [0.15, 0.2) is 12.1 Å². The molecule has 6 rings (SSSR count). The first kappa shape index (κ1) is 28.4. The van der Waals surface area contributed by atoms with Crippen molar-refractivity contribution < 1.29 is 48.2 Å². The molecule has 0 amide bonds. The zero-order valence-corrected chi connectivity index (χ0v) is 23.5. The summed E-state index contributed by atoms with van der Waals surface area (Å²) < 4.78 is 39.7. The number of methoxy groups -OCH3 is 3. The van der Waals surface area contributed by atoms with E-state index in [1.807, 2.05) is 13.0 Å². The molecule has 2 aromatic carbocycles. The zero-order valence-electron chi connectivity index (χ0n) is 22.6. The maximum Gasteiger partial charge on any atom is 0.251 e. The van der Waals surface area contributed by atoms with Crippen molar-refractivity contribution in [3.8, 4) is 17.2 Å². The van der Waals surface area contributed by atoms with Crippen LogP contribution in [-0.2, 0) is 34.8 Å². The van der Waals surface area contributed by atoms with E-state index in [0.29, 0.717) is 60.7 Å². The first-order valence-corrected chi connectivity index (χ1v) is 13.7. The number of aromatic hydroxyl groups is 2. The van der Waals surface area contributed by atoms with E-state index in [4.69, 9.17) is 33.2 Å². The van der Waals surface area contributed by atoms with E-state index in [-0.39, 0.29) is 35.6 Å². The highest BCUT2D eigenvalue weighted by Crippen LogP contribution is 2.47. The molecule has 3 aliphatic heterocycles. The summed E-state index contributed by atoms with van der Waals surface area (Å²) in [6, 6.07) is 3.42. The number of thiol groups is 1. The van der Waals surface area contributed by atoms with Gasteiger partial charge in [-0.15, -0.1) is 0 Å². The number of ether oxygens (including phenoxy) is 7. The summed E-state index contributed by atoms with van der Waals surface area (Å²) in [7, 11) is 4.81. The number of Topliss-reactive ketones (excluding diaryl/α,β-unsaturated/α-hetero) is 1. The van der Waals surface area contributed by atoms with Crippen LogP contribution in [0.4, 0.5) is 0 Å². The van der Waals surface area contributed by atoms with Gasteiger partial charge in [0, 0.05) is 37.5 Å². The average Bonchev–Trinajstić information content (AvgIpc) is 3.51. The highest BCUT2D eigenvalue weighted by molar-refractivity contribution is 7.80. The van der Waals surface area contributed by atoms with Gasteiger partial charge >= 0.3 is 0 Å². The molecule has 11 heteroatoms. The second-order valence-corrected chi connectivity index (χ2v) is 10.7. The SMILES string of the molecule is COC1C2COC(C3OCC(CS)CO3)(O2)C1OC.COc1c2c(c(O)c3c(O)cc(C)cc13)C(=O)CCC2. The Balaban J connectivity index is 0.000000158. The Morgan fingerprint density at radius 1 is 1.08 bits per heavy atom. The molecule has 2 N–H and O–H groups in total. The molecule has 1 aliphatic carbocycles. The number of hydrogen-bond donors (Lipinski definition) is 3. The maximum absolute atomic E-state index is 12.1. The molecule has 214 valence electrons. The van der Waals surface area contributed by atoms with E-state index in [1.54, 1.807) is 27.4 Å². The van der Waals surface area contributed by atoms with Gasteiger partial charge in [-0.25, -0.2) is 0 Å². The number of aryl methyl sites for hydroxylation is 1. The van der Waals surface area contributed by atoms with Crippen molar-refractivity contribution in [2.75, 3.05) is 46.9 Å². The lowest BCUT2D eigenvalue weighted by Crippen LogP contribution is -2.60. The Hall–Kier alpha value is -2.12. The highest BCUT2D eigenvalue weighted by atomic mass is 32.1. The summed E-state index contributed by atoms with van der Waals surface area (Å²) >= 11 is 4.25. The molecule has 4 atom stereocenters. The van der Waals surface area contributed by atoms with Gasteiger partial charge < -0.3 is 43.4 Å². The number of benzene rings is 2. The molecule has 10 nitrogen and oxygen atoms in total. The first-order chi connectivity index (χ1) is 18.8. The van der Waals surface area contributed by atoms with E-state index >= 15 is 0 Å². The highest BCUT2D eigenvalue weighted by Gasteiger charge is 2.67. The van der Waals surface area contributed by atoms with Crippen molar-refractivity contribution in [3.05, 3.63) is 28.8 Å². The molecule has 3 fully saturated rings. The summed E-state index contributed by atoms with van der Waals surface area (Å²) in [5, 5.41) is 21.5.